The van der Waals surface area contributed by atoms with Crippen LogP contribution >= 0.6 is 27.5 Å². The van der Waals surface area contributed by atoms with Crippen molar-refractivity contribution in [2.45, 2.75) is 36.6 Å². The molecule has 1 fully saturated rings. The summed E-state index contributed by atoms with van der Waals surface area (Å²) in [6.45, 7) is 0. The van der Waals surface area contributed by atoms with Crippen molar-refractivity contribution in [3.63, 3.8) is 0 Å². The van der Waals surface area contributed by atoms with Crippen LogP contribution in [0.2, 0.25) is 5.02 Å². The monoisotopic (exact) mass is 347 g/mol. The lowest BCUT2D eigenvalue weighted by Gasteiger charge is -2.35. The van der Waals surface area contributed by atoms with E-state index in [1.807, 2.05) is 0 Å². The second kappa shape index (κ2) is 6.23. The van der Waals surface area contributed by atoms with Gasteiger partial charge in [-0.15, -0.1) is 0 Å². The number of amides is 1. The summed E-state index contributed by atoms with van der Waals surface area (Å²) in [5.74, 6) is -0.850. The van der Waals surface area contributed by atoms with Crippen molar-refractivity contribution in [3.8, 4) is 0 Å². The minimum absolute atomic E-state index is 0.0807. The van der Waals surface area contributed by atoms with Gasteiger partial charge in [-0.25, -0.2) is 4.39 Å². The van der Waals surface area contributed by atoms with Gasteiger partial charge in [0.05, 0.1) is 5.56 Å². The van der Waals surface area contributed by atoms with E-state index in [2.05, 4.69) is 15.9 Å². The molecule has 0 bridgehead atoms. The number of rotatable bonds is 2. The first-order valence-electron chi connectivity index (χ1n) is 6.37. The van der Waals surface area contributed by atoms with Crippen LogP contribution in [0.25, 0.3) is 0 Å². The quantitative estimate of drug-likeness (QED) is 0.731. The molecule has 0 aromatic heterocycles. The summed E-state index contributed by atoms with van der Waals surface area (Å²) >= 11 is 9.32. The van der Waals surface area contributed by atoms with Crippen LogP contribution in [0.4, 0.5) is 4.39 Å². The van der Waals surface area contributed by atoms with Gasteiger partial charge in [-0.3, -0.25) is 4.79 Å². The first-order chi connectivity index (χ1) is 9.00. The average Bonchev–Trinajstić information content (AvgIpc) is 2.38. The van der Waals surface area contributed by atoms with Crippen LogP contribution in [0.3, 0.4) is 0 Å². The number of hydrogen-bond acceptors (Lipinski definition) is 1. The lowest BCUT2D eigenvalue weighted by atomic mass is 9.94. The third kappa shape index (κ3) is 3.29. The van der Waals surface area contributed by atoms with Crippen molar-refractivity contribution in [3.05, 3.63) is 34.6 Å². The molecule has 104 valence electrons. The largest absolute Gasteiger partial charge is 0.338 e. The Morgan fingerprint density at radius 3 is 2.74 bits per heavy atom. The van der Waals surface area contributed by atoms with E-state index < -0.39 is 5.82 Å². The van der Waals surface area contributed by atoms with Crippen molar-refractivity contribution in [2.75, 3.05) is 7.05 Å². The van der Waals surface area contributed by atoms with Gasteiger partial charge in [-0.2, -0.15) is 0 Å². The maximum absolute atomic E-state index is 13.8. The van der Waals surface area contributed by atoms with E-state index in [1.165, 1.54) is 24.6 Å². The molecule has 1 amide bonds. The van der Waals surface area contributed by atoms with Crippen molar-refractivity contribution < 1.29 is 9.18 Å². The molecule has 1 saturated carbocycles. The zero-order valence-electron chi connectivity index (χ0n) is 10.7. The standard InChI is InChI=1S/C14H16BrClFNO/c1-18(13-5-3-2-4-11(13)15)14(19)10-7-6-9(16)8-12(10)17/h6-8,11,13H,2-5H2,1H3. The SMILES string of the molecule is CN(C(=O)c1ccc(Cl)cc1F)C1CCCCC1Br. The number of carbonyl (C=O) groups excluding carboxylic acids is 1. The van der Waals surface area contributed by atoms with Crippen LogP contribution in [-0.4, -0.2) is 28.7 Å². The first kappa shape index (κ1) is 14.8. The summed E-state index contributed by atoms with van der Waals surface area (Å²) in [6.07, 6.45) is 4.27. The molecule has 19 heavy (non-hydrogen) atoms. The molecule has 0 radical (unpaired) electrons. The Bertz CT molecular complexity index is 483. The molecule has 0 aliphatic heterocycles. The maximum Gasteiger partial charge on any atom is 0.256 e. The normalized spacial score (nSPS) is 23.2. The Balaban J connectivity index is 2.18. The number of alkyl halides is 1. The fraction of sp³-hybridized carbons (Fsp3) is 0.500. The van der Waals surface area contributed by atoms with Crippen LogP contribution in [-0.2, 0) is 0 Å². The minimum atomic E-state index is -0.564. The van der Waals surface area contributed by atoms with E-state index in [1.54, 1.807) is 11.9 Å². The number of benzene rings is 1. The van der Waals surface area contributed by atoms with Gasteiger partial charge in [0.2, 0.25) is 0 Å². The molecule has 1 aliphatic rings. The Labute approximate surface area is 126 Å². The molecule has 2 atom stereocenters. The second-order valence-electron chi connectivity index (χ2n) is 4.91. The molecule has 1 aromatic carbocycles. The Kier molecular flexibility index (Phi) is 4.85. The van der Waals surface area contributed by atoms with Gasteiger partial charge in [0, 0.05) is 22.9 Å². The van der Waals surface area contributed by atoms with E-state index >= 15 is 0 Å². The van der Waals surface area contributed by atoms with Gasteiger partial charge in [0.25, 0.3) is 5.91 Å². The number of carbonyl (C=O) groups is 1. The molecule has 0 heterocycles. The molecule has 0 saturated heterocycles. The third-order valence-electron chi connectivity index (χ3n) is 3.63. The van der Waals surface area contributed by atoms with Crippen LogP contribution in [0.1, 0.15) is 36.0 Å². The maximum atomic E-state index is 13.8. The van der Waals surface area contributed by atoms with E-state index in [4.69, 9.17) is 11.6 Å². The fourth-order valence-electron chi connectivity index (χ4n) is 2.51. The van der Waals surface area contributed by atoms with Crippen molar-refractivity contribution in [1.29, 1.82) is 0 Å². The van der Waals surface area contributed by atoms with Gasteiger partial charge in [-0.05, 0) is 31.0 Å². The van der Waals surface area contributed by atoms with Gasteiger partial charge in [0.1, 0.15) is 5.82 Å². The van der Waals surface area contributed by atoms with Crippen molar-refractivity contribution >= 4 is 33.4 Å². The summed E-state index contributed by atoms with van der Waals surface area (Å²) in [6, 6.07) is 4.28. The molecule has 0 spiro atoms. The topological polar surface area (TPSA) is 20.3 Å². The molecule has 0 N–H and O–H groups in total. The van der Waals surface area contributed by atoms with Gasteiger partial charge < -0.3 is 4.90 Å². The zero-order chi connectivity index (χ0) is 14.0. The summed E-state index contributed by atoms with van der Waals surface area (Å²) in [5.41, 5.74) is 0.0807. The highest BCUT2D eigenvalue weighted by atomic mass is 79.9. The molecule has 1 aliphatic carbocycles. The minimum Gasteiger partial charge on any atom is -0.338 e. The summed E-state index contributed by atoms with van der Waals surface area (Å²) in [7, 11) is 1.74. The lowest BCUT2D eigenvalue weighted by Crippen LogP contribution is -2.44. The average molecular weight is 349 g/mol. The highest BCUT2D eigenvalue weighted by Crippen LogP contribution is 2.29. The summed E-state index contributed by atoms with van der Waals surface area (Å²) in [5, 5.41) is 0.299. The number of hydrogen-bond donors (Lipinski definition) is 0. The Morgan fingerprint density at radius 1 is 1.42 bits per heavy atom. The second-order valence-corrected chi connectivity index (χ2v) is 6.52. The van der Waals surface area contributed by atoms with Crippen LogP contribution < -0.4 is 0 Å². The Hall–Kier alpha value is -0.610. The molecule has 2 nitrogen and oxygen atoms in total. The molecular weight excluding hydrogens is 333 g/mol. The first-order valence-corrected chi connectivity index (χ1v) is 7.66. The van der Waals surface area contributed by atoms with Gasteiger partial charge in [-0.1, -0.05) is 40.4 Å². The smallest absolute Gasteiger partial charge is 0.256 e. The van der Waals surface area contributed by atoms with Gasteiger partial charge >= 0.3 is 0 Å². The fourth-order valence-corrected chi connectivity index (χ4v) is 3.61. The third-order valence-corrected chi connectivity index (χ3v) is 4.93. The van der Waals surface area contributed by atoms with E-state index in [9.17, 15) is 9.18 Å². The molecule has 2 unspecified atom stereocenters. The molecular formula is C14H16BrClFNO. The van der Waals surface area contributed by atoms with E-state index in [-0.39, 0.29) is 22.3 Å². The molecule has 1 aromatic rings. The van der Waals surface area contributed by atoms with E-state index in [0.29, 0.717) is 5.02 Å². The highest BCUT2D eigenvalue weighted by molar-refractivity contribution is 9.09. The van der Waals surface area contributed by atoms with Crippen LogP contribution in [0.5, 0.6) is 0 Å². The van der Waals surface area contributed by atoms with Gasteiger partial charge in [0.15, 0.2) is 0 Å². The number of halogens is 3. The highest BCUT2D eigenvalue weighted by Gasteiger charge is 2.30. The zero-order valence-corrected chi connectivity index (χ0v) is 13.0. The van der Waals surface area contributed by atoms with E-state index in [0.717, 1.165) is 19.3 Å². The predicted molar refractivity (Wildman–Crippen MR) is 78.5 cm³/mol. The van der Waals surface area contributed by atoms with Crippen molar-refractivity contribution in [2.24, 2.45) is 0 Å². The summed E-state index contributed by atoms with van der Waals surface area (Å²) < 4.78 is 13.8. The number of nitrogens with zero attached hydrogens (tertiary/aromatic N) is 1. The molecule has 2 rings (SSSR count). The van der Waals surface area contributed by atoms with Crippen LogP contribution in [0.15, 0.2) is 18.2 Å². The predicted octanol–water partition coefficient (Wildman–Crippen LogP) is 4.26. The van der Waals surface area contributed by atoms with Crippen molar-refractivity contribution in [1.82, 2.24) is 4.90 Å². The summed E-state index contributed by atoms with van der Waals surface area (Å²) in [4.78, 5) is 14.3. The molecule has 5 heteroatoms. The lowest BCUT2D eigenvalue weighted by molar-refractivity contribution is 0.0700. The Morgan fingerprint density at radius 2 is 2.11 bits per heavy atom. The van der Waals surface area contributed by atoms with Crippen LogP contribution in [0, 0.1) is 5.82 Å².